The summed E-state index contributed by atoms with van der Waals surface area (Å²) in [6.07, 6.45) is 0. The summed E-state index contributed by atoms with van der Waals surface area (Å²) in [7, 11) is 0. The fraction of sp³-hybridized carbons (Fsp3) is 0.846. The molecule has 30 heteroatoms. The van der Waals surface area contributed by atoms with Crippen molar-refractivity contribution in [3.63, 3.8) is 0 Å². The van der Waals surface area contributed by atoms with Crippen molar-refractivity contribution in [2.24, 2.45) is 5.73 Å². The van der Waals surface area contributed by atoms with Crippen LogP contribution in [0, 0.1) is 0 Å². The number of hydrogen-bond donors (Lipinski definition) is 2. The number of para-hydroxylation sites is 1. The SMILES string of the molecule is CCOCc1nc2c(N)nc3ccccc3c2n1CC(C)(C)OCCOCCOCCOCCOCCOCCOCCOCCOCCOCCOCCOCCOCCOCCOCCOCCOCCOCCOCCOCCOCCOCCOCCOCCN. The molecule has 1 aromatic carbocycles. The van der Waals surface area contributed by atoms with E-state index in [0.717, 1.165) is 22.2 Å². The van der Waals surface area contributed by atoms with Crippen LogP contribution in [0.15, 0.2) is 24.3 Å². The smallest absolute Gasteiger partial charge is 0.152 e. The number of rotatable bonds is 77. The largest absolute Gasteiger partial charge is 0.382 e. The Morgan fingerprint density at radius 2 is 0.568 bits per heavy atom. The summed E-state index contributed by atoms with van der Waals surface area (Å²) in [5.41, 5.74) is 13.6. The van der Waals surface area contributed by atoms with Gasteiger partial charge in [0.05, 0.1) is 334 Å². The second kappa shape index (κ2) is 65.5. The van der Waals surface area contributed by atoms with E-state index in [9.17, 15) is 0 Å². The molecule has 95 heavy (non-hydrogen) atoms. The molecule has 554 valence electrons. The molecule has 0 radical (unpaired) electrons. The van der Waals surface area contributed by atoms with Crippen LogP contribution in [0.25, 0.3) is 21.9 Å². The third-order valence-electron chi connectivity index (χ3n) is 12.8. The van der Waals surface area contributed by atoms with E-state index in [1.165, 1.54) is 0 Å². The number of benzene rings is 1. The quantitative estimate of drug-likeness (QED) is 0.0768. The highest BCUT2D eigenvalue weighted by molar-refractivity contribution is 6.06. The van der Waals surface area contributed by atoms with Gasteiger partial charge in [0.25, 0.3) is 0 Å². The number of aromatic nitrogens is 3. The Balaban J connectivity index is 0.888. The summed E-state index contributed by atoms with van der Waals surface area (Å²) in [6, 6.07) is 7.94. The Morgan fingerprint density at radius 1 is 0.326 bits per heavy atom. The van der Waals surface area contributed by atoms with E-state index >= 15 is 0 Å². The fourth-order valence-electron chi connectivity index (χ4n) is 8.21. The lowest BCUT2D eigenvalue weighted by molar-refractivity contribution is -0.0621. The third-order valence-corrected chi connectivity index (χ3v) is 12.8. The van der Waals surface area contributed by atoms with Crippen LogP contribution in [0.5, 0.6) is 0 Å². The zero-order chi connectivity index (χ0) is 67.5. The average molecular weight is 1370 g/mol. The van der Waals surface area contributed by atoms with Crippen molar-refractivity contribution in [2.45, 2.75) is 39.5 Å². The van der Waals surface area contributed by atoms with Gasteiger partial charge < -0.3 is 134 Å². The molecule has 0 unspecified atom stereocenters. The third kappa shape index (κ3) is 50.8. The minimum atomic E-state index is -0.524. The number of anilines is 1. The van der Waals surface area contributed by atoms with Gasteiger partial charge in [0, 0.05) is 18.5 Å². The van der Waals surface area contributed by atoms with Gasteiger partial charge in [0.15, 0.2) is 5.82 Å². The first kappa shape index (κ1) is 86.1. The molecule has 0 bridgehead atoms. The van der Waals surface area contributed by atoms with Crippen molar-refractivity contribution >= 4 is 27.8 Å². The molecule has 0 aliphatic carbocycles. The molecule has 4 N–H and O–H groups in total. The number of nitrogens with zero attached hydrogens (tertiary/aromatic N) is 3. The van der Waals surface area contributed by atoms with Gasteiger partial charge in [0.1, 0.15) is 17.9 Å². The van der Waals surface area contributed by atoms with Crippen molar-refractivity contribution < 1.29 is 118 Å². The molecule has 2 heterocycles. The number of fused-ring (bicyclic) bond motifs is 3. The maximum absolute atomic E-state index is 6.35. The van der Waals surface area contributed by atoms with Crippen LogP contribution in [0.2, 0.25) is 0 Å². The number of imidazole rings is 1. The summed E-state index contributed by atoms with van der Waals surface area (Å²) in [5, 5.41) is 0.982. The Bertz CT molecular complexity index is 2110. The first-order chi connectivity index (χ1) is 47.0. The molecule has 0 atom stereocenters. The predicted molar refractivity (Wildman–Crippen MR) is 353 cm³/mol. The van der Waals surface area contributed by atoms with Gasteiger partial charge in [-0.3, -0.25) is 0 Å². The Morgan fingerprint density at radius 3 is 0.821 bits per heavy atom. The molecule has 0 fully saturated rings. The highest BCUT2D eigenvalue weighted by Crippen LogP contribution is 2.31. The number of pyridine rings is 1. The summed E-state index contributed by atoms with van der Waals surface area (Å²) in [6.45, 7) is 30.9. The Kier molecular flexibility index (Phi) is 59.3. The molecular formula is C65H119N5O25. The highest BCUT2D eigenvalue weighted by Gasteiger charge is 2.25. The summed E-state index contributed by atoms with van der Waals surface area (Å²) in [5.74, 6) is 1.18. The number of nitrogen functional groups attached to an aromatic ring is 1. The van der Waals surface area contributed by atoms with E-state index in [4.69, 9.17) is 135 Å². The van der Waals surface area contributed by atoms with Crippen LogP contribution in [-0.4, -0.2) is 344 Å². The molecule has 0 saturated carbocycles. The minimum Gasteiger partial charge on any atom is -0.382 e. The number of nitrogens with two attached hydrogens (primary N) is 2. The molecule has 0 aliphatic rings. The molecule has 0 aliphatic heterocycles. The van der Waals surface area contributed by atoms with Crippen LogP contribution < -0.4 is 11.5 Å². The van der Waals surface area contributed by atoms with Crippen LogP contribution in [0.1, 0.15) is 26.6 Å². The first-order valence-corrected chi connectivity index (χ1v) is 33.7. The second-order valence-electron chi connectivity index (χ2n) is 20.9. The lowest BCUT2D eigenvalue weighted by Crippen LogP contribution is -2.32. The van der Waals surface area contributed by atoms with Gasteiger partial charge in [-0.15, -0.1) is 0 Å². The molecule has 0 saturated heterocycles. The van der Waals surface area contributed by atoms with Crippen molar-refractivity contribution in [1.29, 1.82) is 0 Å². The van der Waals surface area contributed by atoms with Gasteiger partial charge in [-0.2, -0.15) is 0 Å². The molecule has 0 amide bonds. The van der Waals surface area contributed by atoms with E-state index in [0.29, 0.717) is 348 Å². The lowest BCUT2D eigenvalue weighted by atomic mass is 10.1. The standard InChI is InChI=1S/C65H119N5O25/c1-4-71-57-61-69-62-63(59-7-5-6-8-60(59)68-64(62)67)70(61)58-65(2,3)95-56-55-94-54-53-93-52-51-92-50-49-91-48-47-90-46-45-89-44-43-88-42-41-87-40-39-86-38-37-85-36-35-84-34-33-83-32-31-82-30-29-81-28-27-80-26-25-79-24-23-78-22-21-77-20-19-76-18-17-75-16-15-74-14-13-73-12-11-72-10-9-66/h5-8H,4,9-58,66H2,1-3H3,(H2,67,68). The summed E-state index contributed by atoms with van der Waals surface area (Å²) in [4.78, 5) is 9.39. The zero-order valence-corrected chi connectivity index (χ0v) is 57.6. The van der Waals surface area contributed by atoms with E-state index in [1.54, 1.807) is 0 Å². The van der Waals surface area contributed by atoms with Gasteiger partial charge in [-0.05, 0) is 26.8 Å². The Labute approximate surface area is 563 Å². The van der Waals surface area contributed by atoms with Crippen molar-refractivity contribution in [2.75, 3.05) is 329 Å². The van der Waals surface area contributed by atoms with Crippen LogP contribution in [0.4, 0.5) is 5.82 Å². The van der Waals surface area contributed by atoms with Crippen molar-refractivity contribution in [1.82, 2.24) is 14.5 Å². The topological polar surface area (TPSA) is 313 Å². The minimum absolute atomic E-state index is 0.360. The van der Waals surface area contributed by atoms with Gasteiger partial charge in [-0.25, -0.2) is 9.97 Å². The number of hydrogen-bond acceptors (Lipinski definition) is 29. The monoisotopic (exact) mass is 1370 g/mol. The van der Waals surface area contributed by atoms with Crippen molar-refractivity contribution in [3.8, 4) is 0 Å². The Hall–Kier alpha value is -3.14. The normalized spacial score (nSPS) is 12.1. The highest BCUT2D eigenvalue weighted by atomic mass is 16.6. The molecule has 3 aromatic rings. The van der Waals surface area contributed by atoms with Gasteiger partial charge in [-0.1, -0.05) is 18.2 Å². The average Bonchev–Trinajstić information content (AvgIpc) is 1.63. The molecule has 30 nitrogen and oxygen atoms in total. The van der Waals surface area contributed by atoms with Gasteiger partial charge >= 0.3 is 0 Å². The van der Waals surface area contributed by atoms with Crippen LogP contribution in [-0.2, 0) is 132 Å². The molecular weight excluding hydrogens is 1250 g/mol. The predicted octanol–water partition coefficient (Wildman–Crippen LogP) is 2.84. The van der Waals surface area contributed by atoms with Crippen molar-refractivity contribution in [3.05, 3.63) is 30.1 Å². The lowest BCUT2D eigenvalue weighted by Gasteiger charge is -2.27. The zero-order valence-electron chi connectivity index (χ0n) is 57.6. The van der Waals surface area contributed by atoms with E-state index in [-0.39, 0.29) is 0 Å². The van der Waals surface area contributed by atoms with Crippen LogP contribution in [0.3, 0.4) is 0 Å². The summed E-state index contributed by atoms with van der Waals surface area (Å²) >= 11 is 0. The summed E-state index contributed by atoms with van der Waals surface area (Å²) < 4.78 is 141. The van der Waals surface area contributed by atoms with E-state index in [2.05, 4.69) is 23.4 Å². The second-order valence-corrected chi connectivity index (χ2v) is 20.9. The molecule has 3 rings (SSSR count). The van der Waals surface area contributed by atoms with Gasteiger partial charge in [0.2, 0.25) is 0 Å². The maximum atomic E-state index is 6.35. The first-order valence-electron chi connectivity index (χ1n) is 33.7. The van der Waals surface area contributed by atoms with Crippen LogP contribution >= 0.6 is 0 Å². The van der Waals surface area contributed by atoms with E-state index < -0.39 is 5.60 Å². The number of ether oxygens (including phenoxy) is 25. The molecule has 2 aromatic heterocycles. The fourth-order valence-corrected chi connectivity index (χ4v) is 8.21. The van der Waals surface area contributed by atoms with E-state index in [1.807, 2.05) is 31.2 Å². The maximum Gasteiger partial charge on any atom is 0.152 e. The molecule has 0 spiro atoms.